The lowest BCUT2D eigenvalue weighted by molar-refractivity contribution is 0.0516. The van der Waals surface area contributed by atoms with E-state index in [1.807, 2.05) is 0 Å². The molecule has 0 saturated heterocycles. The normalized spacial score (nSPS) is 9.42. The van der Waals surface area contributed by atoms with Crippen LogP contribution in [0.1, 0.15) is 10.4 Å². The van der Waals surface area contributed by atoms with Crippen LogP contribution in [-0.2, 0) is 4.74 Å². The van der Waals surface area contributed by atoms with Crippen molar-refractivity contribution in [2.45, 2.75) is 0 Å². The number of hydrogen-bond donors (Lipinski definition) is 1. The summed E-state index contributed by atoms with van der Waals surface area (Å²) >= 11 is 0. The first-order chi connectivity index (χ1) is 5.84. The molecule has 0 unspecified atom stereocenters. The van der Waals surface area contributed by atoms with Crippen LogP contribution in [0.15, 0.2) is 24.5 Å². The van der Waals surface area contributed by atoms with Crippen LogP contribution in [-0.4, -0.2) is 24.1 Å². The van der Waals surface area contributed by atoms with E-state index in [0.717, 1.165) is 0 Å². The zero-order valence-electron chi connectivity index (χ0n) is 6.56. The van der Waals surface area contributed by atoms with Gasteiger partial charge in [0.05, 0.1) is 5.56 Å². The SMILES string of the molecule is NCCOC(=O)c1cccnc1. The summed E-state index contributed by atoms with van der Waals surface area (Å²) in [7, 11) is 0. The number of carbonyl (C=O) groups is 1. The Bertz CT molecular complexity index is 248. The predicted octanol–water partition coefficient (Wildman–Crippen LogP) is 0.197. The molecule has 0 aliphatic rings. The lowest BCUT2D eigenvalue weighted by Gasteiger charge is -2.00. The molecule has 0 radical (unpaired) electrons. The van der Waals surface area contributed by atoms with Crippen LogP contribution in [0.5, 0.6) is 0 Å². The maximum atomic E-state index is 11.1. The molecule has 0 saturated carbocycles. The summed E-state index contributed by atoms with van der Waals surface area (Å²) in [5.74, 6) is -0.381. The van der Waals surface area contributed by atoms with Crippen molar-refractivity contribution in [1.82, 2.24) is 4.98 Å². The molecule has 0 atom stereocenters. The Morgan fingerprint density at radius 1 is 1.67 bits per heavy atom. The Hall–Kier alpha value is -1.42. The van der Waals surface area contributed by atoms with Crippen LogP contribution in [0, 0.1) is 0 Å². The van der Waals surface area contributed by atoms with Crippen molar-refractivity contribution in [3.8, 4) is 0 Å². The van der Waals surface area contributed by atoms with Crippen molar-refractivity contribution in [1.29, 1.82) is 0 Å². The highest BCUT2D eigenvalue weighted by Crippen LogP contribution is 1.97. The van der Waals surface area contributed by atoms with E-state index in [1.54, 1.807) is 18.3 Å². The second-order valence-corrected chi connectivity index (χ2v) is 2.17. The fraction of sp³-hybridized carbons (Fsp3) is 0.250. The van der Waals surface area contributed by atoms with Gasteiger partial charge in [0.1, 0.15) is 6.61 Å². The first kappa shape index (κ1) is 8.67. The van der Waals surface area contributed by atoms with Gasteiger partial charge in [0.25, 0.3) is 0 Å². The van der Waals surface area contributed by atoms with Gasteiger partial charge < -0.3 is 10.5 Å². The van der Waals surface area contributed by atoms with Crippen molar-refractivity contribution < 1.29 is 9.53 Å². The molecule has 0 aliphatic carbocycles. The van der Waals surface area contributed by atoms with E-state index in [9.17, 15) is 4.79 Å². The monoisotopic (exact) mass is 166 g/mol. The average Bonchev–Trinajstić information content (AvgIpc) is 2.15. The Kier molecular flexibility index (Phi) is 3.22. The van der Waals surface area contributed by atoms with Crippen molar-refractivity contribution >= 4 is 5.97 Å². The highest BCUT2D eigenvalue weighted by molar-refractivity contribution is 5.88. The van der Waals surface area contributed by atoms with E-state index < -0.39 is 0 Å². The smallest absolute Gasteiger partial charge is 0.339 e. The minimum absolute atomic E-state index is 0.244. The molecule has 4 nitrogen and oxygen atoms in total. The van der Waals surface area contributed by atoms with Crippen molar-refractivity contribution in [2.24, 2.45) is 5.73 Å². The summed E-state index contributed by atoms with van der Waals surface area (Å²) in [5, 5.41) is 0. The van der Waals surface area contributed by atoms with Crippen LogP contribution in [0.2, 0.25) is 0 Å². The molecular formula is C8H10N2O2. The van der Waals surface area contributed by atoms with Crippen molar-refractivity contribution in [3.63, 3.8) is 0 Å². The van der Waals surface area contributed by atoms with Gasteiger partial charge in [-0.2, -0.15) is 0 Å². The van der Waals surface area contributed by atoms with Crippen LogP contribution in [0.25, 0.3) is 0 Å². The number of aromatic nitrogens is 1. The Morgan fingerprint density at radius 2 is 2.50 bits per heavy atom. The number of rotatable bonds is 3. The van der Waals surface area contributed by atoms with E-state index in [4.69, 9.17) is 10.5 Å². The molecule has 0 aliphatic heterocycles. The summed E-state index contributed by atoms with van der Waals surface area (Å²) in [6.07, 6.45) is 3.05. The quantitative estimate of drug-likeness (QED) is 0.651. The van der Waals surface area contributed by atoms with Crippen LogP contribution in [0.3, 0.4) is 0 Å². The Labute approximate surface area is 70.4 Å². The van der Waals surface area contributed by atoms with Gasteiger partial charge in [0.15, 0.2) is 0 Å². The fourth-order valence-corrected chi connectivity index (χ4v) is 0.718. The zero-order chi connectivity index (χ0) is 8.81. The minimum Gasteiger partial charge on any atom is -0.461 e. The number of nitrogens with two attached hydrogens (primary N) is 1. The standard InChI is InChI=1S/C8H10N2O2/c9-3-5-12-8(11)7-2-1-4-10-6-7/h1-2,4,6H,3,5,9H2. The molecule has 0 spiro atoms. The van der Waals surface area contributed by atoms with Crippen LogP contribution in [0.4, 0.5) is 0 Å². The number of carbonyl (C=O) groups excluding carboxylic acids is 1. The lowest BCUT2D eigenvalue weighted by Crippen LogP contribution is -2.13. The van der Waals surface area contributed by atoms with E-state index in [1.165, 1.54) is 6.20 Å². The third kappa shape index (κ3) is 2.32. The second kappa shape index (κ2) is 4.46. The lowest BCUT2D eigenvalue weighted by atomic mass is 10.3. The first-order valence-electron chi connectivity index (χ1n) is 3.62. The molecule has 0 fully saturated rings. The van der Waals surface area contributed by atoms with Gasteiger partial charge in [-0.15, -0.1) is 0 Å². The van der Waals surface area contributed by atoms with Crippen LogP contribution >= 0.6 is 0 Å². The summed E-state index contributed by atoms with van der Waals surface area (Å²) < 4.78 is 4.77. The molecule has 0 aromatic carbocycles. The molecule has 64 valence electrons. The number of esters is 1. The van der Waals surface area contributed by atoms with E-state index in [2.05, 4.69) is 4.98 Å². The molecule has 0 bridgehead atoms. The zero-order valence-corrected chi connectivity index (χ0v) is 6.56. The van der Waals surface area contributed by atoms with Gasteiger partial charge in [-0.25, -0.2) is 4.79 Å². The Morgan fingerprint density at radius 3 is 3.08 bits per heavy atom. The predicted molar refractivity (Wildman–Crippen MR) is 43.6 cm³/mol. The van der Waals surface area contributed by atoms with E-state index in [-0.39, 0.29) is 12.6 Å². The van der Waals surface area contributed by atoms with Crippen LogP contribution < -0.4 is 5.73 Å². The first-order valence-corrected chi connectivity index (χ1v) is 3.62. The van der Waals surface area contributed by atoms with Gasteiger partial charge in [-0.1, -0.05) is 0 Å². The summed E-state index contributed by atoms with van der Waals surface area (Å²) in [6.45, 7) is 0.583. The molecule has 1 rings (SSSR count). The molecule has 1 heterocycles. The minimum atomic E-state index is -0.381. The molecule has 4 heteroatoms. The highest BCUT2D eigenvalue weighted by atomic mass is 16.5. The molecular weight excluding hydrogens is 156 g/mol. The number of ether oxygens (including phenoxy) is 1. The molecule has 12 heavy (non-hydrogen) atoms. The maximum Gasteiger partial charge on any atom is 0.339 e. The van der Waals surface area contributed by atoms with Gasteiger partial charge in [0.2, 0.25) is 0 Å². The largest absolute Gasteiger partial charge is 0.461 e. The van der Waals surface area contributed by atoms with Gasteiger partial charge >= 0.3 is 5.97 Å². The van der Waals surface area contributed by atoms with E-state index >= 15 is 0 Å². The number of hydrogen-bond acceptors (Lipinski definition) is 4. The maximum absolute atomic E-state index is 11.1. The van der Waals surface area contributed by atoms with Crippen molar-refractivity contribution in [3.05, 3.63) is 30.1 Å². The van der Waals surface area contributed by atoms with E-state index in [0.29, 0.717) is 12.1 Å². The van der Waals surface area contributed by atoms with Gasteiger partial charge in [-0.3, -0.25) is 4.98 Å². The summed E-state index contributed by atoms with van der Waals surface area (Å²) in [4.78, 5) is 14.9. The summed E-state index contributed by atoms with van der Waals surface area (Å²) in [5.41, 5.74) is 5.61. The second-order valence-electron chi connectivity index (χ2n) is 2.17. The number of pyridine rings is 1. The topological polar surface area (TPSA) is 65.2 Å². The third-order valence-corrected chi connectivity index (χ3v) is 1.25. The summed E-state index contributed by atoms with van der Waals surface area (Å²) in [6, 6.07) is 3.32. The van der Waals surface area contributed by atoms with Gasteiger partial charge in [0, 0.05) is 18.9 Å². The third-order valence-electron chi connectivity index (χ3n) is 1.25. The fourth-order valence-electron chi connectivity index (χ4n) is 0.718. The number of nitrogens with zero attached hydrogens (tertiary/aromatic N) is 1. The molecule has 1 aromatic rings. The molecule has 0 amide bonds. The molecule has 1 aromatic heterocycles. The van der Waals surface area contributed by atoms with Gasteiger partial charge in [-0.05, 0) is 12.1 Å². The van der Waals surface area contributed by atoms with Crippen molar-refractivity contribution in [2.75, 3.05) is 13.2 Å². The Balaban J connectivity index is 2.54. The average molecular weight is 166 g/mol. The highest BCUT2D eigenvalue weighted by Gasteiger charge is 2.04. The molecule has 2 N–H and O–H groups in total.